The summed E-state index contributed by atoms with van der Waals surface area (Å²) in [6.07, 6.45) is 6.63. The second-order valence-corrected chi connectivity index (χ2v) is 7.16. The highest BCUT2D eigenvalue weighted by Crippen LogP contribution is 2.23. The molecule has 27 heavy (non-hydrogen) atoms. The van der Waals surface area contributed by atoms with Crippen molar-refractivity contribution in [1.82, 2.24) is 14.5 Å². The van der Waals surface area contributed by atoms with Crippen LogP contribution in [-0.2, 0) is 29.5 Å². The average Bonchev–Trinajstić information content (AvgIpc) is 3.12. The minimum Gasteiger partial charge on any atom is -0.382 e. The lowest BCUT2D eigenvalue weighted by atomic mass is 9.90. The molecule has 2 aromatic rings. The number of ether oxygens (including phenoxy) is 2. The van der Waals surface area contributed by atoms with Crippen molar-refractivity contribution >= 4 is 5.91 Å². The monoisotopic (exact) mass is 371 g/mol. The highest BCUT2D eigenvalue weighted by atomic mass is 16.5. The van der Waals surface area contributed by atoms with Gasteiger partial charge in [-0.1, -0.05) is 24.3 Å². The lowest BCUT2D eigenvalue weighted by molar-refractivity contribution is 0.0616. The number of amides is 1. The van der Waals surface area contributed by atoms with Gasteiger partial charge in [0.15, 0.2) is 5.82 Å². The van der Waals surface area contributed by atoms with Gasteiger partial charge in [0.05, 0.1) is 19.8 Å². The van der Waals surface area contributed by atoms with Crippen LogP contribution in [0.3, 0.4) is 0 Å². The third-order valence-corrected chi connectivity index (χ3v) is 5.16. The third-order valence-electron chi connectivity index (χ3n) is 5.16. The molecule has 1 aliphatic heterocycles. The number of hydrogen-bond donors (Lipinski definition) is 0. The van der Waals surface area contributed by atoms with E-state index >= 15 is 0 Å². The van der Waals surface area contributed by atoms with Gasteiger partial charge in [-0.25, -0.2) is 4.98 Å². The molecule has 146 valence electrons. The van der Waals surface area contributed by atoms with E-state index < -0.39 is 0 Å². The first-order chi connectivity index (χ1) is 13.2. The van der Waals surface area contributed by atoms with Crippen molar-refractivity contribution in [3.8, 4) is 0 Å². The predicted octanol–water partition coefficient (Wildman–Crippen LogP) is 2.68. The Morgan fingerprint density at radius 3 is 2.48 bits per heavy atom. The molecule has 0 N–H and O–H groups in total. The number of methoxy groups -OCH3 is 1. The van der Waals surface area contributed by atoms with E-state index in [4.69, 9.17) is 9.47 Å². The molecule has 0 aliphatic carbocycles. The van der Waals surface area contributed by atoms with Gasteiger partial charge in [0, 0.05) is 39.6 Å². The lowest BCUT2D eigenvalue weighted by Crippen LogP contribution is -2.39. The maximum atomic E-state index is 12.5. The summed E-state index contributed by atoms with van der Waals surface area (Å²) < 4.78 is 12.3. The van der Waals surface area contributed by atoms with Crippen LogP contribution in [-0.4, -0.2) is 53.8 Å². The molecular formula is C21H29N3O3. The molecule has 1 aromatic carbocycles. The number of likely N-dealkylation sites (tertiary alicyclic amines) is 1. The van der Waals surface area contributed by atoms with E-state index in [1.165, 1.54) is 11.1 Å². The van der Waals surface area contributed by atoms with Crippen LogP contribution in [0.5, 0.6) is 0 Å². The number of piperidine rings is 1. The molecule has 1 amide bonds. The van der Waals surface area contributed by atoms with E-state index in [-0.39, 0.29) is 5.91 Å². The molecule has 3 rings (SSSR count). The molecule has 1 aromatic heterocycles. The maximum absolute atomic E-state index is 12.5. The topological polar surface area (TPSA) is 56.6 Å². The average molecular weight is 371 g/mol. The summed E-state index contributed by atoms with van der Waals surface area (Å²) in [6.45, 7) is 3.48. The van der Waals surface area contributed by atoms with Crippen LogP contribution in [0.1, 0.15) is 34.6 Å². The fourth-order valence-electron chi connectivity index (χ4n) is 3.49. The Balaban J connectivity index is 1.44. The van der Waals surface area contributed by atoms with Gasteiger partial charge in [-0.3, -0.25) is 4.79 Å². The van der Waals surface area contributed by atoms with Gasteiger partial charge >= 0.3 is 0 Å². The second kappa shape index (κ2) is 9.67. The minimum absolute atomic E-state index is 0.0405. The van der Waals surface area contributed by atoms with E-state index in [2.05, 4.69) is 29.2 Å². The van der Waals surface area contributed by atoms with Crippen molar-refractivity contribution in [3.05, 3.63) is 53.6 Å². The van der Waals surface area contributed by atoms with Crippen molar-refractivity contribution in [2.24, 2.45) is 13.0 Å². The number of rotatable bonds is 8. The van der Waals surface area contributed by atoms with Crippen molar-refractivity contribution in [2.75, 3.05) is 33.4 Å². The Kier molecular flexibility index (Phi) is 7.01. The largest absolute Gasteiger partial charge is 0.382 e. The molecule has 6 nitrogen and oxygen atoms in total. The molecule has 0 saturated carbocycles. The summed E-state index contributed by atoms with van der Waals surface area (Å²) in [6, 6.07) is 8.67. The van der Waals surface area contributed by atoms with Crippen molar-refractivity contribution in [2.45, 2.75) is 25.9 Å². The SMILES string of the molecule is COCCOCc1ccc(CC2CCN(C(=O)c3nccn3C)CC2)cc1. The summed E-state index contributed by atoms with van der Waals surface area (Å²) in [5, 5.41) is 0. The Hall–Kier alpha value is -2.18. The standard InChI is InChI=1S/C21H29N3O3/c1-23-12-9-22-20(23)21(25)24-10-7-18(8-11-24)15-17-3-5-19(6-4-17)16-27-14-13-26-2/h3-6,9,12,18H,7-8,10-11,13-16H2,1-2H3. The fourth-order valence-corrected chi connectivity index (χ4v) is 3.49. The van der Waals surface area contributed by atoms with Gasteiger partial charge in [0.2, 0.25) is 0 Å². The van der Waals surface area contributed by atoms with Crippen molar-refractivity contribution in [1.29, 1.82) is 0 Å². The van der Waals surface area contributed by atoms with Crippen LogP contribution in [0.4, 0.5) is 0 Å². The molecule has 1 aliphatic rings. The molecule has 0 spiro atoms. The first-order valence-electron chi connectivity index (χ1n) is 9.58. The predicted molar refractivity (Wildman–Crippen MR) is 104 cm³/mol. The molecule has 0 atom stereocenters. The zero-order valence-electron chi connectivity index (χ0n) is 16.3. The van der Waals surface area contributed by atoms with Crippen molar-refractivity contribution < 1.29 is 14.3 Å². The van der Waals surface area contributed by atoms with Crippen LogP contribution >= 0.6 is 0 Å². The number of imidazole rings is 1. The van der Waals surface area contributed by atoms with Gasteiger partial charge in [0.25, 0.3) is 5.91 Å². The van der Waals surface area contributed by atoms with Crippen LogP contribution in [0.2, 0.25) is 0 Å². The first-order valence-corrected chi connectivity index (χ1v) is 9.58. The van der Waals surface area contributed by atoms with Crippen molar-refractivity contribution in [3.63, 3.8) is 0 Å². The minimum atomic E-state index is 0.0405. The van der Waals surface area contributed by atoms with E-state index in [0.29, 0.717) is 31.6 Å². The smallest absolute Gasteiger partial charge is 0.289 e. The van der Waals surface area contributed by atoms with Gasteiger partial charge < -0.3 is 18.9 Å². The molecule has 0 radical (unpaired) electrons. The fraction of sp³-hybridized carbons (Fsp3) is 0.524. The number of hydrogen-bond acceptors (Lipinski definition) is 4. The zero-order valence-corrected chi connectivity index (χ0v) is 16.3. The van der Waals surface area contributed by atoms with Crippen LogP contribution in [0, 0.1) is 5.92 Å². The number of carbonyl (C=O) groups is 1. The molecule has 0 unspecified atom stereocenters. The lowest BCUT2D eigenvalue weighted by Gasteiger charge is -2.31. The third kappa shape index (κ3) is 5.40. The molecular weight excluding hydrogens is 342 g/mol. The highest BCUT2D eigenvalue weighted by Gasteiger charge is 2.25. The molecule has 1 saturated heterocycles. The molecule has 0 bridgehead atoms. The van der Waals surface area contributed by atoms with Gasteiger partial charge in [-0.05, 0) is 36.3 Å². The van der Waals surface area contributed by atoms with E-state index in [1.54, 1.807) is 17.9 Å². The van der Waals surface area contributed by atoms with E-state index in [0.717, 1.165) is 32.4 Å². The Morgan fingerprint density at radius 2 is 1.85 bits per heavy atom. The number of benzene rings is 1. The van der Waals surface area contributed by atoms with E-state index in [9.17, 15) is 4.79 Å². The number of carbonyl (C=O) groups excluding carboxylic acids is 1. The normalized spacial score (nSPS) is 15.3. The second-order valence-electron chi connectivity index (χ2n) is 7.16. The maximum Gasteiger partial charge on any atom is 0.289 e. The Morgan fingerprint density at radius 1 is 1.15 bits per heavy atom. The quantitative estimate of drug-likeness (QED) is 0.670. The first kappa shape index (κ1) is 19.6. The van der Waals surface area contributed by atoms with Gasteiger partial charge in [0.1, 0.15) is 0 Å². The number of nitrogens with zero attached hydrogens (tertiary/aromatic N) is 3. The molecule has 1 fully saturated rings. The number of aromatic nitrogens is 2. The molecule has 2 heterocycles. The summed E-state index contributed by atoms with van der Waals surface area (Å²) >= 11 is 0. The molecule has 6 heteroatoms. The van der Waals surface area contributed by atoms with E-state index in [1.807, 2.05) is 18.1 Å². The van der Waals surface area contributed by atoms with Gasteiger partial charge in [-0.15, -0.1) is 0 Å². The number of aryl methyl sites for hydroxylation is 1. The summed E-state index contributed by atoms with van der Waals surface area (Å²) in [5.41, 5.74) is 2.54. The van der Waals surface area contributed by atoms with Crippen LogP contribution in [0.25, 0.3) is 0 Å². The summed E-state index contributed by atoms with van der Waals surface area (Å²) in [7, 11) is 3.54. The zero-order chi connectivity index (χ0) is 19.1. The Labute approximate surface area is 161 Å². The Bertz CT molecular complexity index is 719. The summed E-state index contributed by atoms with van der Waals surface area (Å²) in [4.78, 5) is 18.6. The van der Waals surface area contributed by atoms with Gasteiger partial charge in [-0.2, -0.15) is 0 Å². The summed E-state index contributed by atoms with van der Waals surface area (Å²) in [5.74, 6) is 1.19. The highest BCUT2D eigenvalue weighted by molar-refractivity contribution is 5.90. The van der Waals surface area contributed by atoms with Crippen LogP contribution < -0.4 is 0 Å². The van der Waals surface area contributed by atoms with Crippen LogP contribution in [0.15, 0.2) is 36.7 Å².